The number of aromatic nitrogens is 3. The van der Waals surface area contributed by atoms with Gasteiger partial charge in [-0.25, -0.2) is 0 Å². The molecule has 110 valence electrons. The highest BCUT2D eigenvalue weighted by atomic mass is 16.2. The van der Waals surface area contributed by atoms with Crippen LogP contribution in [0.1, 0.15) is 43.8 Å². The highest BCUT2D eigenvalue weighted by molar-refractivity contribution is 5.81. The van der Waals surface area contributed by atoms with E-state index in [1.807, 2.05) is 7.05 Å². The first-order chi connectivity index (χ1) is 9.75. The first kappa shape index (κ1) is 13.5. The minimum atomic E-state index is -0.0246. The van der Waals surface area contributed by atoms with Crippen LogP contribution in [0.25, 0.3) is 0 Å². The van der Waals surface area contributed by atoms with Gasteiger partial charge in [0.2, 0.25) is 5.91 Å². The van der Waals surface area contributed by atoms with E-state index in [0.717, 1.165) is 50.4 Å². The van der Waals surface area contributed by atoms with Crippen LogP contribution in [0.2, 0.25) is 0 Å². The van der Waals surface area contributed by atoms with Gasteiger partial charge in [0.25, 0.3) is 0 Å². The van der Waals surface area contributed by atoms with Gasteiger partial charge in [-0.1, -0.05) is 12.8 Å². The molecule has 3 rings (SSSR count). The lowest BCUT2D eigenvalue weighted by Crippen LogP contribution is -2.44. The van der Waals surface area contributed by atoms with Crippen molar-refractivity contribution in [2.24, 2.45) is 0 Å². The average molecular weight is 277 g/mol. The van der Waals surface area contributed by atoms with Gasteiger partial charge >= 0.3 is 0 Å². The maximum atomic E-state index is 12.5. The maximum Gasteiger partial charge on any atom is 0.239 e. The molecular formula is C14H23N5O. The number of hydrogen-bond acceptors (Lipinski definition) is 4. The number of amides is 1. The van der Waals surface area contributed by atoms with E-state index >= 15 is 0 Å². The summed E-state index contributed by atoms with van der Waals surface area (Å²) in [7, 11) is 1.87. The molecule has 0 bridgehead atoms. The summed E-state index contributed by atoms with van der Waals surface area (Å²) in [5.74, 6) is 2.16. The number of rotatable bonds is 3. The predicted octanol–water partition coefficient (Wildman–Crippen LogP) is 0.715. The topological polar surface area (TPSA) is 63.1 Å². The number of carbonyl (C=O) groups excluding carboxylic acids is 1. The molecule has 3 heterocycles. The molecule has 6 heteroatoms. The second kappa shape index (κ2) is 5.91. The van der Waals surface area contributed by atoms with E-state index in [1.165, 1.54) is 12.8 Å². The molecule has 1 saturated heterocycles. The Hall–Kier alpha value is -1.43. The Morgan fingerprint density at radius 1 is 1.35 bits per heavy atom. The predicted molar refractivity (Wildman–Crippen MR) is 75.1 cm³/mol. The molecule has 6 nitrogen and oxygen atoms in total. The van der Waals surface area contributed by atoms with Gasteiger partial charge in [-0.05, 0) is 25.8 Å². The number of nitrogens with zero attached hydrogens (tertiary/aromatic N) is 4. The van der Waals surface area contributed by atoms with Gasteiger partial charge in [-0.3, -0.25) is 4.79 Å². The number of nitrogens with one attached hydrogen (secondary N) is 1. The van der Waals surface area contributed by atoms with Crippen molar-refractivity contribution < 1.29 is 4.79 Å². The SMILES string of the molecule is CN(Cc1nnc2n1CCC2)C(=O)C1CCCCCN1. The van der Waals surface area contributed by atoms with Gasteiger partial charge < -0.3 is 14.8 Å². The number of aryl methyl sites for hydroxylation is 1. The third-order valence-corrected chi connectivity index (χ3v) is 4.30. The van der Waals surface area contributed by atoms with Crippen LogP contribution >= 0.6 is 0 Å². The van der Waals surface area contributed by atoms with E-state index < -0.39 is 0 Å². The summed E-state index contributed by atoms with van der Waals surface area (Å²) >= 11 is 0. The lowest BCUT2D eigenvalue weighted by atomic mass is 10.1. The Balaban J connectivity index is 1.63. The van der Waals surface area contributed by atoms with E-state index in [1.54, 1.807) is 4.90 Å². The lowest BCUT2D eigenvalue weighted by molar-refractivity contribution is -0.132. The van der Waals surface area contributed by atoms with Crippen LogP contribution in [0.15, 0.2) is 0 Å². The second-order valence-corrected chi connectivity index (χ2v) is 5.84. The van der Waals surface area contributed by atoms with Gasteiger partial charge in [0.1, 0.15) is 5.82 Å². The Kier molecular flexibility index (Phi) is 4.00. The van der Waals surface area contributed by atoms with Crippen LogP contribution in [-0.4, -0.2) is 45.2 Å². The number of carbonyl (C=O) groups is 1. The molecule has 20 heavy (non-hydrogen) atoms. The Morgan fingerprint density at radius 3 is 3.15 bits per heavy atom. The van der Waals surface area contributed by atoms with Crippen LogP contribution in [-0.2, 0) is 24.3 Å². The van der Waals surface area contributed by atoms with Crippen molar-refractivity contribution in [3.8, 4) is 0 Å². The van der Waals surface area contributed by atoms with Crippen molar-refractivity contribution in [1.29, 1.82) is 0 Å². The fourth-order valence-corrected chi connectivity index (χ4v) is 3.12. The van der Waals surface area contributed by atoms with E-state index in [2.05, 4.69) is 20.1 Å². The zero-order chi connectivity index (χ0) is 13.9. The molecule has 1 N–H and O–H groups in total. The zero-order valence-corrected chi connectivity index (χ0v) is 12.1. The fraction of sp³-hybridized carbons (Fsp3) is 0.786. The highest BCUT2D eigenvalue weighted by Crippen LogP contribution is 2.16. The van der Waals surface area contributed by atoms with Crippen molar-refractivity contribution >= 4 is 5.91 Å². The summed E-state index contributed by atoms with van der Waals surface area (Å²) in [5, 5.41) is 11.8. The molecule has 1 atom stereocenters. The second-order valence-electron chi connectivity index (χ2n) is 5.84. The van der Waals surface area contributed by atoms with Crippen molar-refractivity contribution in [3.63, 3.8) is 0 Å². The first-order valence-corrected chi connectivity index (χ1v) is 7.65. The van der Waals surface area contributed by atoms with Gasteiger partial charge in [-0.2, -0.15) is 0 Å². The van der Waals surface area contributed by atoms with Crippen LogP contribution < -0.4 is 5.32 Å². The maximum absolute atomic E-state index is 12.5. The number of fused-ring (bicyclic) bond motifs is 1. The molecule has 1 aromatic rings. The van der Waals surface area contributed by atoms with E-state index in [4.69, 9.17) is 0 Å². The Morgan fingerprint density at radius 2 is 2.25 bits per heavy atom. The molecule has 1 unspecified atom stereocenters. The minimum absolute atomic E-state index is 0.0246. The molecule has 2 aliphatic rings. The average Bonchev–Trinajstić information content (AvgIpc) is 2.94. The third-order valence-electron chi connectivity index (χ3n) is 4.30. The minimum Gasteiger partial charge on any atom is -0.337 e. The van der Waals surface area contributed by atoms with E-state index in [-0.39, 0.29) is 11.9 Å². The van der Waals surface area contributed by atoms with Crippen LogP contribution in [0.4, 0.5) is 0 Å². The molecule has 0 aromatic carbocycles. The van der Waals surface area contributed by atoms with Crippen molar-refractivity contribution in [2.45, 2.75) is 57.7 Å². The van der Waals surface area contributed by atoms with Gasteiger partial charge in [0.15, 0.2) is 5.82 Å². The first-order valence-electron chi connectivity index (χ1n) is 7.65. The van der Waals surface area contributed by atoms with Crippen LogP contribution in [0.5, 0.6) is 0 Å². The van der Waals surface area contributed by atoms with E-state index in [9.17, 15) is 4.79 Å². The molecule has 2 aliphatic heterocycles. The summed E-state index contributed by atoms with van der Waals surface area (Å²) in [4.78, 5) is 14.3. The standard InChI is InChI=1S/C14H23N5O/c1-18(14(20)11-6-3-2-4-8-15-11)10-13-17-16-12-7-5-9-19(12)13/h11,15H,2-10H2,1H3. The van der Waals surface area contributed by atoms with Gasteiger partial charge in [0.05, 0.1) is 12.6 Å². The number of hydrogen-bond donors (Lipinski definition) is 1. The van der Waals surface area contributed by atoms with Crippen LogP contribution in [0.3, 0.4) is 0 Å². The fourth-order valence-electron chi connectivity index (χ4n) is 3.12. The molecule has 0 radical (unpaired) electrons. The molecule has 1 amide bonds. The molecule has 1 fully saturated rings. The molecule has 0 spiro atoms. The summed E-state index contributed by atoms with van der Waals surface area (Å²) in [6.45, 7) is 2.50. The molecule has 1 aromatic heterocycles. The quantitative estimate of drug-likeness (QED) is 0.884. The molecular weight excluding hydrogens is 254 g/mol. The lowest BCUT2D eigenvalue weighted by Gasteiger charge is -2.23. The summed E-state index contributed by atoms with van der Waals surface area (Å²) in [6.07, 6.45) is 6.62. The molecule has 0 aliphatic carbocycles. The Bertz CT molecular complexity index is 476. The van der Waals surface area contributed by atoms with Crippen molar-refractivity contribution in [1.82, 2.24) is 25.0 Å². The summed E-state index contributed by atoms with van der Waals surface area (Å²) in [5.41, 5.74) is 0. The smallest absolute Gasteiger partial charge is 0.239 e. The third kappa shape index (κ3) is 2.70. The summed E-state index contributed by atoms with van der Waals surface area (Å²) < 4.78 is 2.16. The van der Waals surface area contributed by atoms with Gasteiger partial charge in [-0.15, -0.1) is 10.2 Å². The zero-order valence-electron chi connectivity index (χ0n) is 12.1. The normalized spacial score (nSPS) is 22.4. The monoisotopic (exact) mass is 277 g/mol. The largest absolute Gasteiger partial charge is 0.337 e. The van der Waals surface area contributed by atoms with Crippen LogP contribution in [0, 0.1) is 0 Å². The van der Waals surface area contributed by atoms with Crippen molar-refractivity contribution in [3.05, 3.63) is 11.6 Å². The van der Waals surface area contributed by atoms with Gasteiger partial charge in [0, 0.05) is 20.0 Å². The molecule has 0 saturated carbocycles. The van der Waals surface area contributed by atoms with Crippen molar-refractivity contribution in [2.75, 3.05) is 13.6 Å². The summed E-state index contributed by atoms with van der Waals surface area (Å²) in [6, 6.07) is -0.0246. The highest BCUT2D eigenvalue weighted by Gasteiger charge is 2.25. The Labute approximate surface area is 119 Å². The number of likely N-dealkylation sites (N-methyl/N-ethyl adjacent to an activating group) is 1. The van der Waals surface area contributed by atoms with E-state index in [0.29, 0.717) is 6.54 Å².